The Morgan fingerprint density at radius 2 is 2.09 bits per heavy atom. The molecule has 1 aromatic carbocycles. The van der Waals surface area contributed by atoms with Crippen molar-refractivity contribution in [2.45, 2.75) is 13.8 Å². The van der Waals surface area contributed by atoms with Gasteiger partial charge in [-0.3, -0.25) is 4.79 Å². The Kier molecular flexibility index (Phi) is 3.45. The molecule has 2 aromatic heterocycles. The third kappa shape index (κ3) is 2.29. The van der Waals surface area contributed by atoms with Crippen LogP contribution in [0.25, 0.3) is 16.9 Å². The van der Waals surface area contributed by atoms with Gasteiger partial charge in [0.1, 0.15) is 11.3 Å². The van der Waals surface area contributed by atoms with E-state index < -0.39 is 17.3 Å². The maximum atomic E-state index is 13.6. The van der Waals surface area contributed by atoms with Gasteiger partial charge in [-0.25, -0.2) is 13.7 Å². The topological polar surface area (TPSA) is 87.5 Å². The zero-order valence-corrected chi connectivity index (χ0v) is 12.9. The Hall–Kier alpha value is -2.67. The van der Waals surface area contributed by atoms with E-state index in [9.17, 15) is 19.1 Å². The summed E-state index contributed by atoms with van der Waals surface area (Å²) >= 11 is 5.64. The zero-order valence-electron chi connectivity index (χ0n) is 12.1. The molecule has 3 aromatic rings. The fourth-order valence-electron chi connectivity index (χ4n) is 2.59. The highest BCUT2D eigenvalue weighted by Gasteiger charge is 2.21. The molecule has 0 saturated carbocycles. The Morgan fingerprint density at radius 3 is 2.70 bits per heavy atom. The number of halogens is 2. The quantitative estimate of drug-likeness (QED) is 0.753. The number of carbonyl (C=O) groups is 1. The van der Waals surface area contributed by atoms with Gasteiger partial charge in [0.15, 0.2) is 5.82 Å². The summed E-state index contributed by atoms with van der Waals surface area (Å²) in [6.45, 7) is 3.10. The van der Waals surface area contributed by atoms with Crippen molar-refractivity contribution in [2.75, 3.05) is 0 Å². The highest BCUT2D eigenvalue weighted by molar-refractivity contribution is 6.30. The summed E-state index contributed by atoms with van der Waals surface area (Å²) in [4.78, 5) is 26.2. The summed E-state index contributed by atoms with van der Waals surface area (Å²) in [5.74, 6) is -1.66. The number of aromatic amines is 1. The number of fused-ring (bicyclic) bond motifs is 1. The van der Waals surface area contributed by atoms with Crippen LogP contribution in [0.4, 0.5) is 4.39 Å². The normalized spacial score (nSPS) is 11.1. The van der Waals surface area contributed by atoms with Crippen molar-refractivity contribution in [1.82, 2.24) is 14.6 Å². The molecule has 0 unspecified atom stereocenters. The Bertz CT molecular complexity index is 1020. The van der Waals surface area contributed by atoms with Gasteiger partial charge in [0.05, 0.1) is 16.3 Å². The summed E-state index contributed by atoms with van der Waals surface area (Å²) in [5, 5.41) is 13.5. The molecule has 0 radical (unpaired) electrons. The molecule has 3 rings (SSSR count). The minimum Gasteiger partial charge on any atom is -0.478 e. The summed E-state index contributed by atoms with van der Waals surface area (Å²) in [7, 11) is 0. The van der Waals surface area contributed by atoms with E-state index >= 15 is 0 Å². The number of H-pyrrole nitrogens is 1. The van der Waals surface area contributed by atoms with Gasteiger partial charge in [-0.1, -0.05) is 11.6 Å². The SMILES string of the molecule is Cc1c(C(=O)O)c(C)n2nc(-c3ccc(Cl)c(F)c3)[nH]c(=O)c12. The molecule has 0 aliphatic heterocycles. The minimum atomic E-state index is -1.14. The van der Waals surface area contributed by atoms with E-state index in [-0.39, 0.29) is 21.9 Å². The first-order valence-corrected chi connectivity index (χ1v) is 7.00. The van der Waals surface area contributed by atoms with Crippen LogP contribution in [-0.4, -0.2) is 25.7 Å². The number of aryl methyl sites for hydroxylation is 2. The lowest BCUT2D eigenvalue weighted by Gasteiger charge is -2.04. The number of carboxylic acid groups (broad SMARTS) is 1. The molecule has 0 atom stereocenters. The molecule has 0 saturated heterocycles. The second-order valence-electron chi connectivity index (χ2n) is 5.08. The van der Waals surface area contributed by atoms with E-state index in [0.717, 1.165) is 6.07 Å². The van der Waals surface area contributed by atoms with Crippen molar-refractivity contribution in [1.29, 1.82) is 0 Å². The van der Waals surface area contributed by atoms with E-state index in [1.165, 1.54) is 16.6 Å². The second-order valence-corrected chi connectivity index (χ2v) is 5.49. The number of rotatable bonds is 2. The Labute approximate surface area is 134 Å². The molecule has 8 heteroatoms. The van der Waals surface area contributed by atoms with Gasteiger partial charge in [-0.15, -0.1) is 5.10 Å². The summed E-state index contributed by atoms with van der Waals surface area (Å²) in [5.41, 5.74) is 0.664. The van der Waals surface area contributed by atoms with Gasteiger partial charge in [-0.05, 0) is 37.6 Å². The second kappa shape index (κ2) is 5.20. The van der Waals surface area contributed by atoms with Crippen LogP contribution in [-0.2, 0) is 0 Å². The van der Waals surface area contributed by atoms with Gasteiger partial charge in [-0.2, -0.15) is 0 Å². The van der Waals surface area contributed by atoms with Crippen LogP contribution in [0.1, 0.15) is 21.6 Å². The van der Waals surface area contributed by atoms with Gasteiger partial charge in [0.2, 0.25) is 0 Å². The van der Waals surface area contributed by atoms with Gasteiger partial charge in [0.25, 0.3) is 5.56 Å². The first kappa shape index (κ1) is 15.2. The molecule has 23 heavy (non-hydrogen) atoms. The Balaban J connectivity index is 2.34. The lowest BCUT2D eigenvalue weighted by Crippen LogP contribution is -2.14. The lowest BCUT2D eigenvalue weighted by molar-refractivity contribution is 0.0695. The third-order valence-corrected chi connectivity index (χ3v) is 3.98. The van der Waals surface area contributed by atoms with E-state index in [2.05, 4.69) is 10.1 Å². The van der Waals surface area contributed by atoms with Crippen molar-refractivity contribution in [2.24, 2.45) is 0 Å². The molecule has 0 aliphatic rings. The predicted molar refractivity (Wildman–Crippen MR) is 82.7 cm³/mol. The predicted octanol–water partition coefficient (Wildman–Crippen LogP) is 2.80. The van der Waals surface area contributed by atoms with E-state index in [1.807, 2.05) is 0 Å². The van der Waals surface area contributed by atoms with Crippen molar-refractivity contribution >= 4 is 23.1 Å². The van der Waals surface area contributed by atoms with Crippen LogP contribution in [0.2, 0.25) is 5.02 Å². The third-order valence-electron chi connectivity index (χ3n) is 3.68. The highest BCUT2D eigenvalue weighted by atomic mass is 35.5. The zero-order chi connectivity index (χ0) is 16.9. The number of hydrogen-bond acceptors (Lipinski definition) is 3. The van der Waals surface area contributed by atoms with Gasteiger partial charge >= 0.3 is 5.97 Å². The maximum absolute atomic E-state index is 13.6. The number of benzene rings is 1. The van der Waals surface area contributed by atoms with Crippen LogP contribution in [0.15, 0.2) is 23.0 Å². The Morgan fingerprint density at radius 1 is 1.39 bits per heavy atom. The van der Waals surface area contributed by atoms with E-state index in [4.69, 9.17) is 11.6 Å². The standard InChI is InChI=1S/C15H11ClFN3O3/c1-6-11(15(22)23)7(2)20-12(6)14(21)18-13(19-20)8-3-4-9(16)10(17)5-8/h3-5H,1-2H3,(H,22,23)(H,18,19,21). The lowest BCUT2D eigenvalue weighted by atomic mass is 10.1. The molecule has 0 fully saturated rings. The summed E-state index contributed by atoms with van der Waals surface area (Å²) < 4.78 is 14.9. The summed E-state index contributed by atoms with van der Waals surface area (Å²) in [6, 6.07) is 4.02. The first-order valence-electron chi connectivity index (χ1n) is 6.62. The molecule has 0 amide bonds. The molecule has 2 heterocycles. The van der Waals surface area contributed by atoms with Crippen LogP contribution >= 0.6 is 11.6 Å². The van der Waals surface area contributed by atoms with Gasteiger partial charge < -0.3 is 10.1 Å². The highest BCUT2D eigenvalue weighted by Crippen LogP contribution is 2.23. The van der Waals surface area contributed by atoms with Crippen LogP contribution < -0.4 is 5.56 Å². The summed E-state index contributed by atoms with van der Waals surface area (Å²) in [6.07, 6.45) is 0. The minimum absolute atomic E-state index is 0.0300. The monoisotopic (exact) mass is 335 g/mol. The number of nitrogens with zero attached hydrogens (tertiary/aromatic N) is 2. The molecule has 118 valence electrons. The molecular formula is C15H11ClFN3O3. The van der Waals surface area contributed by atoms with Crippen molar-refractivity contribution in [3.8, 4) is 11.4 Å². The largest absolute Gasteiger partial charge is 0.478 e. The van der Waals surface area contributed by atoms with E-state index in [1.54, 1.807) is 13.8 Å². The van der Waals surface area contributed by atoms with Crippen LogP contribution in [0.5, 0.6) is 0 Å². The fourth-order valence-corrected chi connectivity index (χ4v) is 2.71. The number of aromatic carboxylic acids is 1. The first-order chi connectivity index (χ1) is 10.8. The number of hydrogen-bond donors (Lipinski definition) is 2. The number of carboxylic acids is 1. The van der Waals surface area contributed by atoms with E-state index in [0.29, 0.717) is 16.8 Å². The number of aromatic nitrogens is 3. The molecule has 0 aliphatic carbocycles. The molecular weight excluding hydrogens is 325 g/mol. The fraction of sp³-hybridized carbons (Fsp3) is 0.133. The van der Waals surface area contributed by atoms with Crippen molar-refractivity contribution in [3.63, 3.8) is 0 Å². The van der Waals surface area contributed by atoms with Crippen LogP contribution in [0, 0.1) is 19.7 Å². The number of nitrogens with one attached hydrogen (secondary N) is 1. The molecule has 6 nitrogen and oxygen atoms in total. The average molecular weight is 336 g/mol. The molecule has 0 spiro atoms. The average Bonchev–Trinajstić information content (AvgIpc) is 2.73. The van der Waals surface area contributed by atoms with Crippen LogP contribution in [0.3, 0.4) is 0 Å². The smallest absolute Gasteiger partial charge is 0.337 e. The van der Waals surface area contributed by atoms with Gasteiger partial charge in [0, 0.05) is 5.56 Å². The molecule has 2 N–H and O–H groups in total. The maximum Gasteiger partial charge on any atom is 0.337 e. The molecule has 0 bridgehead atoms. The van der Waals surface area contributed by atoms with Crippen molar-refractivity contribution in [3.05, 3.63) is 56.2 Å². The van der Waals surface area contributed by atoms with Crippen molar-refractivity contribution < 1.29 is 14.3 Å².